The molecule has 0 spiro atoms. The van der Waals surface area contributed by atoms with E-state index in [1.165, 1.54) is 44.2 Å². The number of nitrogens with zero attached hydrogens (tertiary/aromatic N) is 2. The maximum absolute atomic E-state index is 12.9. The van der Waals surface area contributed by atoms with Gasteiger partial charge in [0.1, 0.15) is 23.9 Å². The van der Waals surface area contributed by atoms with Crippen LogP contribution >= 0.6 is 0 Å². The molecule has 0 atom stereocenters. The number of pyridine rings is 1. The molecule has 7 nitrogen and oxygen atoms in total. The van der Waals surface area contributed by atoms with Crippen LogP contribution in [0.4, 0.5) is 5.69 Å². The number of benzene rings is 3. The lowest BCUT2D eigenvalue weighted by atomic mass is 10.1. The number of hydrogen-bond acceptors (Lipinski definition) is 6. The summed E-state index contributed by atoms with van der Waals surface area (Å²) in [6, 6.07) is 21.7. The zero-order chi connectivity index (χ0) is 32.9. The Bertz CT molecular complexity index is 1560. The van der Waals surface area contributed by atoms with Crippen LogP contribution in [0.25, 0.3) is 0 Å². The monoisotopic (exact) mass is 623 g/mol. The topological polar surface area (TPSA) is 69.0 Å². The van der Waals surface area contributed by atoms with Gasteiger partial charge in [-0.25, -0.2) is 14.2 Å². The highest BCUT2D eigenvalue weighted by Gasteiger charge is 2.17. The molecule has 0 fully saturated rings. The van der Waals surface area contributed by atoms with Crippen molar-refractivity contribution < 1.29 is 28.4 Å². The Labute approximate surface area is 273 Å². The summed E-state index contributed by atoms with van der Waals surface area (Å²) in [7, 11) is 2.15. The SMILES string of the molecule is CCCCCCCCN(C)c1cc[n+](CCOc2ccc(C(=O)Oc3ccc(OC(=O)c4ccc(C)cc4)c(C)c3C)cc2)cc1. The first kappa shape index (κ1) is 34.2. The fraction of sp³-hybridized carbons (Fsp3) is 0.359. The first-order valence-electron chi connectivity index (χ1n) is 16.3. The number of carbonyl (C=O) groups is 2. The maximum atomic E-state index is 12.9. The fourth-order valence-electron chi connectivity index (χ4n) is 5.07. The van der Waals surface area contributed by atoms with Crippen molar-refractivity contribution in [2.24, 2.45) is 0 Å². The van der Waals surface area contributed by atoms with Crippen LogP contribution in [0.1, 0.15) is 82.9 Å². The first-order chi connectivity index (χ1) is 22.2. The van der Waals surface area contributed by atoms with Crippen LogP contribution in [-0.4, -0.2) is 32.1 Å². The van der Waals surface area contributed by atoms with Crippen LogP contribution in [0.3, 0.4) is 0 Å². The molecule has 0 aliphatic heterocycles. The zero-order valence-electron chi connectivity index (χ0n) is 27.9. The lowest BCUT2D eigenvalue weighted by Gasteiger charge is -2.18. The van der Waals surface area contributed by atoms with Crippen LogP contribution in [0.5, 0.6) is 17.2 Å². The van der Waals surface area contributed by atoms with E-state index in [0.29, 0.717) is 41.5 Å². The average Bonchev–Trinajstić information content (AvgIpc) is 3.07. The van der Waals surface area contributed by atoms with Gasteiger partial charge in [0, 0.05) is 31.4 Å². The molecule has 0 amide bonds. The Morgan fingerprint density at radius 1 is 0.674 bits per heavy atom. The average molecular weight is 624 g/mol. The third kappa shape index (κ3) is 9.93. The fourth-order valence-corrected chi connectivity index (χ4v) is 5.07. The molecule has 0 aliphatic rings. The van der Waals surface area contributed by atoms with Gasteiger partial charge < -0.3 is 19.1 Å². The number of anilines is 1. The Morgan fingerprint density at radius 3 is 1.76 bits per heavy atom. The Balaban J connectivity index is 1.22. The number of hydrogen-bond donors (Lipinski definition) is 0. The Morgan fingerprint density at radius 2 is 1.20 bits per heavy atom. The molecule has 0 saturated heterocycles. The summed E-state index contributed by atoms with van der Waals surface area (Å²) in [4.78, 5) is 27.8. The Kier molecular flexibility index (Phi) is 12.8. The minimum atomic E-state index is -0.476. The molecule has 0 bridgehead atoms. The number of aryl methyl sites for hydroxylation is 1. The van der Waals surface area contributed by atoms with E-state index in [0.717, 1.165) is 23.2 Å². The van der Waals surface area contributed by atoms with E-state index in [-0.39, 0.29) is 0 Å². The molecule has 0 aliphatic carbocycles. The second-order valence-electron chi connectivity index (χ2n) is 11.8. The third-order valence-corrected chi connectivity index (χ3v) is 8.25. The molecule has 4 aromatic rings. The van der Waals surface area contributed by atoms with Crippen molar-refractivity contribution in [3.05, 3.63) is 113 Å². The van der Waals surface area contributed by atoms with E-state index in [9.17, 15) is 9.59 Å². The molecule has 0 saturated carbocycles. The van der Waals surface area contributed by atoms with Crippen molar-refractivity contribution in [2.45, 2.75) is 72.8 Å². The summed E-state index contributed by atoms with van der Waals surface area (Å²) in [5, 5.41) is 0. The minimum absolute atomic E-state index is 0.411. The van der Waals surface area contributed by atoms with E-state index in [1.54, 1.807) is 48.5 Å². The molecule has 4 rings (SSSR count). The highest BCUT2D eigenvalue weighted by Crippen LogP contribution is 2.30. The van der Waals surface area contributed by atoms with E-state index in [2.05, 4.69) is 48.0 Å². The molecule has 1 aromatic heterocycles. The number of ether oxygens (including phenoxy) is 3. The summed E-state index contributed by atoms with van der Waals surface area (Å²) in [5.74, 6) is 0.603. The third-order valence-electron chi connectivity index (χ3n) is 8.25. The smallest absolute Gasteiger partial charge is 0.343 e. The number of unbranched alkanes of at least 4 members (excludes halogenated alkanes) is 5. The van der Waals surface area contributed by atoms with E-state index in [4.69, 9.17) is 14.2 Å². The summed E-state index contributed by atoms with van der Waals surface area (Å²) in [6.07, 6.45) is 12.0. The standard InChI is InChI=1S/C39H47N2O5/c1-6-7-8-9-10-11-24-40(5)34-22-25-41(26-23-34)27-28-44-35-18-16-33(17-19-35)39(43)46-37-21-20-36(30(3)31(37)4)45-38(42)32-14-12-29(2)13-15-32/h12-23,25-26H,6-11,24,27-28H2,1-5H3/q+1. The highest BCUT2D eigenvalue weighted by molar-refractivity contribution is 5.92. The van der Waals surface area contributed by atoms with Gasteiger partial charge in [-0.15, -0.1) is 0 Å². The van der Waals surface area contributed by atoms with Gasteiger partial charge in [0.25, 0.3) is 0 Å². The second-order valence-corrected chi connectivity index (χ2v) is 11.8. The van der Waals surface area contributed by atoms with Crippen LogP contribution in [0.15, 0.2) is 85.2 Å². The Hall–Kier alpha value is -4.65. The van der Waals surface area contributed by atoms with Gasteiger partial charge in [0.05, 0.1) is 11.1 Å². The number of aromatic nitrogens is 1. The van der Waals surface area contributed by atoms with Crippen LogP contribution < -0.4 is 23.7 Å². The molecule has 242 valence electrons. The van der Waals surface area contributed by atoms with Crippen molar-refractivity contribution in [3.63, 3.8) is 0 Å². The number of esters is 2. The molecular weight excluding hydrogens is 576 g/mol. The van der Waals surface area contributed by atoms with Crippen molar-refractivity contribution in [3.8, 4) is 17.2 Å². The number of carbonyl (C=O) groups excluding carboxylic acids is 2. The summed E-state index contributed by atoms with van der Waals surface area (Å²) >= 11 is 0. The van der Waals surface area contributed by atoms with Gasteiger partial charge in [-0.1, -0.05) is 56.7 Å². The minimum Gasteiger partial charge on any atom is -0.487 e. The summed E-state index contributed by atoms with van der Waals surface area (Å²) < 4.78 is 19.3. The predicted molar refractivity (Wildman–Crippen MR) is 182 cm³/mol. The highest BCUT2D eigenvalue weighted by atomic mass is 16.5. The summed E-state index contributed by atoms with van der Waals surface area (Å²) in [5.41, 5.74) is 4.61. The molecule has 0 radical (unpaired) electrons. The largest absolute Gasteiger partial charge is 0.487 e. The molecule has 0 N–H and O–H groups in total. The summed E-state index contributed by atoms with van der Waals surface area (Å²) in [6.45, 7) is 10.2. The van der Waals surface area contributed by atoms with Crippen molar-refractivity contribution >= 4 is 17.6 Å². The van der Waals surface area contributed by atoms with Crippen LogP contribution in [-0.2, 0) is 6.54 Å². The molecule has 7 heteroatoms. The maximum Gasteiger partial charge on any atom is 0.343 e. The second kappa shape index (κ2) is 17.2. The molecule has 0 unspecified atom stereocenters. The lowest BCUT2D eigenvalue weighted by Crippen LogP contribution is -2.36. The number of rotatable bonds is 16. The molecule has 46 heavy (non-hydrogen) atoms. The van der Waals surface area contributed by atoms with E-state index >= 15 is 0 Å². The van der Waals surface area contributed by atoms with Gasteiger partial charge in [0.2, 0.25) is 0 Å². The van der Waals surface area contributed by atoms with Gasteiger partial charge in [-0.05, 0) is 86.8 Å². The van der Waals surface area contributed by atoms with Gasteiger partial charge in [-0.2, -0.15) is 0 Å². The van der Waals surface area contributed by atoms with E-state index in [1.807, 2.05) is 32.9 Å². The van der Waals surface area contributed by atoms with Gasteiger partial charge >= 0.3 is 11.9 Å². The van der Waals surface area contributed by atoms with Gasteiger partial charge in [-0.3, -0.25) is 0 Å². The lowest BCUT2D eigenvalue weighted by molar-refractivity contribution is -0.697. The van der Waals surface area contributed by atoms with Crippen LogP contribution in [0, 0.1) is 20.8 Å². The molecule has 1 heterocycles. The quantitative estimate of drug-likeness (QED) is 0.0542. The van der Waals surface area contributed by atoms with Gasteiger partial charge in [0.15, 0.2) is 18.9 Å². The normalized spacial score (nSPS) is 10.8. The van der Waals surface area contributed by atoms with Crippen LogP contribution in [0.2, 0.25) is 0 Å². The van der Waals surface area contributed by atoms with Crippen molar-refractivity contribution in [1.29, 1.82) is 0 Å². The molecule has 3 aromatic carbocycles. The zero-order valence-corrected chi connectivity index (χ0v) is 27.9. The van der Waals surface area contributed by atoms with E-state index < -0.39 is 11.9 Å². The first-order valence-corrected chi connectivity index (χ1v) is 16.3. The predicted octanol–water partition coefficient (Wildman–Crippen LogP) is 8.21. The van der Waals surface area contributed by atoms with Crippen molar-refractivity contribution in [1.82, 2.24) is 0 Å². The van der Waals surface area contributed by atoms with Crippen molar-refractivity contribution in [2.75, 3.05) is 25.1 Å². The molecular formula is C39H47N2O5+.